The lowest BCUT2D eigenvalue weighted by Crippen LogP contribution is -2.43. The first-order valence-corrected chi connectivity index (χ1v) is 8.00. The van der Waals surface area contributed by atoms with Crippen LogP contribution in [0.25, 0.3) is 0 Å². The first kappa shape index (κ1) is 14.9. The normalized spacial score (nSPS) is 20.6. The molecule has 0 amide bonds. The summed E-state index contributed by atoms with van der Waals surface area (Å²) in [4.78, 5) is 3.79. The van der Waals surface area contributed by atoms with Gasteiger partial charge >= 0.3 is 0 Å². The number of nitrogens with one attached hydrogen (secondary N) is 1. The third-order valence-corrected chi connectivity index (χ3v) is 4.55. The third kappa shape index (κ3) is 4.80. The zero-order valence-corrected chi connectivity index (χ0v) is 12.7. The van der Waals surface area contributed by atoms with Crippen LogP contribution in [0.4, 0.5) is 0 Å². The van der Waals surface area contributed by atoms with Crippen LogP contribution in [0.1, 0.15) is 12.5 Å². The summed E-state index contributed by atoms with van der Waals surface area (Å²) in [6, 6.07) is 8.80. The van der Waals surface area contributed by atoms with Gasteiger partial charge in [-0.05, 0) is 31.3 Å². The van der Waals surface area contributed by atoms with Crippen LogP contribution in [0, 0.1) is 0 Å². The number of rotatable bonds is 6. The van der Waals surface area contributed by atoms with Crippen molar-refractivity contribution in [1.82, 2.24) is 10.2 Å². The number of hydrogen-bond donors (Lipinski definition) is 1. The third-order valence-electron chi connectivity index (χ3n) is 3.41. The van der Waals surface area contributed by atoms with Crippen LogP contribution in [0.3, 0.4) is 0 Å². The van der Waals surface area contributed by atoms with Gasteiger partial charge < -0.3 is 10.1 Å². The van der Waals surface area contributed by atoms with Gasteiger partial charge in [-0.15, -0.1) is 11.8 Å². The maximum Gasteiger partial charge on any atom is 0.0796 e. The fourth-order valence-corrected chi connectivity index (χ4v) is 3.17. The van der Waals surface area contributed by atoms with E-state index in [-0.39, 0.29) is 0 Å². The molecule has 3 nitrogen and oxygen atoms in total. The lowest BCUT2D eigenvalue weighted by atomic mass is 10.2. The second-order valence-electron chi connectivity index (χ2n) is 4.87. The topological polar surface area (TPSA) is 24.5 Å². The van der Waals surface area contributed by atoms with E-state index in [1.807, 2.05) is 18.8 Å². The molecule has 2 rings (SSSR count). The quantitative estimate of drug-likeness (QED) is 0.808. The number of nitrogens with zero attached hydrogens (tertiary/aromatic N) is 1. The fraction of sp³-hybridized carbons (Fsp3) is 0.600. The molecule has 0 aliphatic carbocycles. The molecule has 1 saturated heterocycles. The van der Waals surface area contributed by atoms with E-state index in [1.54, 1.807) is 0 Å². The Bertz CT molecular complexity index is 369. The van der Waals surface area contributed by atoms with Crippen molar-refractivity contribution in [1.29, 1.82) is 0 Å². The molecule has 106 valence electrons. The summed E-state index contributed by atoms with van der Waals surface area (Å²) in [5.41, 5.74) is 1.33. The average Bonchev–Trinajstić information content (AvgIpc) is 2.47. The number of benzene rings is 1. The molecule has 1 aromatic rings. The molecule has 1 aromatic carbocycles. The minimum atomic E-state index is 0.371. The van der Waals surface area contributed by atoms with Gasteiger partial charge in [0, 0.05) is 30.3 Å². The molecule has 1 aliphatic heterocycles. The number of ether oxygens (including phenoxy) is 1. The Labute approximate surface area is 120 Å². The maximum absolute atomic E-state index is 5.82. The molecule has 4 heteroatoms. The first-order valence-electron chi connectivity index (χ1n) is 7.02. The Morgan fingerprint density at radius 3 is 2.84 bits per heavy atom. The van der Waals surface area contributed by atoms with Gasteiger partial charge in [-0.3, -0.25) is 4.90 Å². The Hall–Kier alpha value is -0.550. The number of likely N-dealkylation sites (N-methyl/N-ethyl adjacent to an activating group) is 1. The van der Waals surface area contributed by atoms with Gasteiger partial charge in [0.1, 0.15) is 0 Å². The molecule has 0 spiro atoms. The van der Waals surface area contributed by atoms with Gasteiger partial charge in [-0.2, -0.15) is 0 Å². The van der Waals surface area contributed by atoms with E-state index < -0.39 is 0 Å². The van der Waals surface area contributed by atoms with Gasteiger partial charge in [0.25, 0.3) is 0 Å². The summed E-state index contributed by atoms with van der Waals surface area (Å²) in [5.74, 6) is 1.04. The van der Waals surface area contributed by atoms with Crippen LogP contribution < -0.4 is 5.32 Å². The van der Waals surface area contributed by atoms with Gasteiger partial charge in [-0.25, -0.2) is 0 Å². The maximum atomic E-state index is 5.82. The van der Waals surface area contributed by atoms with Gasteiger partial charge in [0.15, 0.2) is 0 Å². The van der Waals surface area contributed by atoms with E-state index in [9.17, 15) is 0 Å². The highest BCUT2D eigenvalue weighted by Gasteiger charge is 2.19. The van der Waals surface area contributed by atoms with Crippen molar-refractivity contribution >= 4 is 11.8 Å². The molecule has 1 N–H and O–H groups in total. The van der Waals surface area contributed by atoms with Crippen LogP contribution >= 0.6 is 11.8 Å². The number of thioether (sulfide) groups is 1. The van der Waals surface area contributed by atoms with Crippen molar-refractivity contribution in [2.45, 2.75) is 24.5 Å². The first-order chi connectivity index (χ1) is 9.31. The molecule has 0 radical (unpaired) electrons. The van der Waals surface area contributed by atoms with E-state index in [2.05, 4.69) is 41.4 Å². The summed E-state index contributed by atoms with van der Waals surface area (Å²) in [6.45, 7) is 7.30. The predicted molar refractivity (Wildman–Crippen MR) is 81.8 cm³/mol. The molecular weight excluding hydrogens is 256 g/mol. The SMILES string of the molecule is CCN1CCOC(CSc2ccc(CNC)cc2)C1. The van der Waals surface area contributed by atoms with Crippen LogP contribution in [0.5, 0.6) is 0 Å². The van der Waals surface area contributed by atoms with Crippen LogP contribution in [0.2, 0.25) is 0 Å². The summed E-state index contributed by atoms with van der Waals surface area (Å²) >= 11 is 1.89. The minimum Gasteiger partial charge on any atom is -0.375 e. The molecule has 1 aliphatic rings. The molecule has 0 bridgehead atoms. The number of hydrogen-bond acceptors (Lipinski definition) is 4. The van der Waals surface area contributed by atoms with Crippen molar-refractivity contribution in [3.8, 4) is 0 Å². The zero-order valence-electron chi connectivity index (χ0n) is 11.9. The molecule has 0 aromatic heterocycles. The Morgan fingerprint density at radius 1 is 1.37 bits per heavy atom. The van der Waals surface area contributed by atoms with Crippen molar-refractivity contribution in [3.63, 3.8) is 0 Å². The number of morpholine rings is 1. The summed E-state index contributed by atoms with van der Waals surface area (Å²) in [7, 11) is 1.97. The van der Waals surface area contributed by atoms with Gasteiger partial charge in [0.05, 0.1) is 12.7 Å². The fourth-order valence-electron chi connectivity index (χ4n) is 2.27. The molecule has 1 atom stereocenters. The van der Waals surface area contributed by atoms with Crippen LogP contribution in [-0.2, 0) is 11.3 Å². The van der Waals surface area contributed by atoms with Crippen molar-refractivity contribution in [3.05, 3.63) is 29.8 Å². The lowest BCUT2D eigenvalue weighted by Gasteiger charge is -2.31. The van der Waals surface area contributed by atoms with Crippen molar-refractivity contribution < 1.29 is 4.74 Å². The average molecular weight is 280 g/mol. The highest BCUT2D eigenvalue weighted by atomic mass is 32.2. The highest BCUT2D eigenvalue weighted by Crippen LogP contribution is 2.21. The molecule has 0 saturated carbocycles. The Kier molecular flexibility index (Phi) is 6.17. The van der Waals surface area contributed by atoms with Crippen molar-refractivity contribution in [2.24, 2.45) is 0 Å². The Morgan fingerprint density at radius 2 is 2.16 bits per heavy atom. The van der Waals surface area contributed by atoms with Crippen molar-refractivity contribution in [2.75, 3.05) is 39.0 Å². The largest absolute Gasteiger partial charge is 0.375 e. The molecule has 19 heavy (non-hydrogen) atoms. The summed E-state index contributed by atoms with van der Waals surface area (Å²) in [6.07, 6.45) is 0.371. The van der Waals surface area contributed by atoms with Gasteiger partial charge in [-0.1, -0.05) is 19.1 Å². The predicted octanol–water partition coefficient (Wildman–Crippen LogP) is 2.22. The highest BCUT2D eigenvalue weighted by molar-refractivity contribution is 7.99. The van der Waals surface area contributed by atoms with E-state index in [0.717, 1.165) is 38.5 Å². The van der Waals surface area contributed by atoms with Crippen LogP contribution in [0.15, 0.2) is 29.2 Å². The Balaban J connectivity index is 1.78. The van der Waals surface area contributed by atoms with E-state index >= 15 is 0 Å². The van der Waals surface area contributed by atoms with E-state index in [1.165, 1.54) is 10.5 Å². The molecule has 1 heterocycles. The monoisotopic (exact) mass is 280 g/mol. The zero-order chi connectivity index (χ0) is 13.5. The summed E-state index contributed by atoms with van der Waals surface area (Å²) in [5, 5.41) is 3.17. The molecular formula is C15H24N2OS. The minimum absolute atomic E-state index is 0.371. The van der Waals surface area contributed by atoms with Crippen LogP contribution in [-0.4, -0.2) is 50.0 Å². The van der Waals surface area contributed by atoms with E-state index in [0.29, 0.717) is 6.10 Å². The summed E-state index contributed by atoms with van der Waals surface area (Å²) < 4.78 is 5.82. The van der Waals surface area contributed by atoms with E-state index in [4.69, 9.17) is 4.74 Å². The molecule has 1 unspecified atom stereocenters. The smallest absolute Gasteiger partial charge is 0.0796 e. The van der Waals surface area contributed by atoms with Gasteiger partial charge in [0.2, 0.25) is 0 Å². The molecule has 1 fully saturated rings. The second kappa shape index (κ2) is 7.90. The second-order valence-corrected chi connectivity index (χ2v) is 5.96. The standard InChI is InChI=1S/C15H24N2OS/c1-3-17-8-9-18-14(11-17)12-19-15-6-4-13(5-7-15)10-16-2/h4-7,14,16H,3,8-12H2,1-2H3. The lowest BCUT2D eigenvalue weighted by molar-refractivity contribution is -0.0137.